The highest BCUT2D eigenvalue weighted by Gasteiger charge is 2.12. The minimum atomic E-state index is 0.753. The van der Waals surface area contributed by atoms with Crippen molar-refractivity contribution in [1.29, 1.82) is 0 Å². The van der Waals surface area contributed by atoms with Crippen LogP contribution >= 0.6 is 38.9 Å². The van der Waals surface area contributed by atoms with Crippen LogP contribution in [0.1, 0.15) is 4.88 Å². The molecule has 0 saturated carbocycles. The number of hydrogen-bond donors (Lipinski definition) is 0. The topological polar surface area (TPSA) is 33.4 Å². The van der Waals surface area contributed by atoms with E-state index in [1.807, 2.05) is 36.0 Å². The predicted octanol–water partition coefficient (Wildman–Crippen LogP) is 3.84. The molecule has 0 spiro atoms. The Kier molecular flexibility index (Phi) is 3.47. The van der Waals surface area contributed by atoms with Gasteiger partial charge in [0.2, 0.25) is 0 Å². The predicted molar refractivity (Wildman–Crippen MR) is 82.1 cm³/mol. The lowest BCUT2D eigenvalue weighted by Crippen LogP contribution is -2.18. The maximum absolute atomic E-state index is 5.95. The lowest BCUT2D eigenvalue weighted by molar-refractivity contribution is 0.900. The van der Waals surface area contributed by atoms with Crippen LogP contribution in [0.4, 0.5) is 5.82 Å². The molecule has 0 N–H and O–H groups in total. The minimum absolute atomic E-state index is 0.753. The van der Waals surface area contributed by atoms with Crippen LogP contribution in [-0.4, -0.2) is 21.4 Å². The van der Waals surface area contributed by atoms with Gasteiger partial charge >= 0.3 is 0 Å². The Labute approximate surface area is 127 Å². The molecule has 4 nitrogen and oxygen atoms in total. The van der Waals surface area contributed by atoms with E-state index in [9.17, 15) is 0 Å². The van der Waals surface area contributed by atoms with Crippen LogP contribution in [0.3, 0.4) is 0 Å². The zero-order chi connectivity index (χ0) is 13.4. The van der Waals surface area contributed by atoms with E-state index in [0.717, 1.165) is 26.9 Å². The van der Waals surface area contributed by atoms with E-state index in [1.54, 1.807) is 17.5 Å². The van der Waals surface area contributed by atoms with Crippen LogP contribution in [0, 0.1) is 0 Å². The second-order valence-corrected chi connectivity index (χ2v) is 6.72. The van der Waals surface area contributed by atoms with Crippen molar-refractivity contribution in [2.24, 2.45) is 0 Å². The van der Waals surface area contributed by atoms with Gasteiger partial charge in [-0.05, 0) is 28.1 Å². The number of hydrogen-bond acceptors (Lipinski definition) is 4. The first-order chi connectivity index (χ1) is 9.13. The molecule has 3 heterocycles. The van der Waals surface area contributed by atoms with Gasteiger partial charge in [-0.1, -0.05) is 11.6 Å². The van der Waals surface area contributed by atoms with Gasteiger partial charge in [0, 0.05) is 30.5 Å². The molecule has 0 aliphatic rings. The maximum atomic E-state index is 5.95. The maximum Gasteiger partial charge on any atom is 0.180 e. The number of thiophene rings is 1. The van der Waals surface area contributed by atoms with E-state index < -0.39 is 0 Å². The van der Waals surface area contributed by atoms with Gasteiger partial charge in [0.25, 0.3) is 0 Å². The molecule has 7 heteroatoms. The first-order valence-electron chi connectivity index (χ1n) is 5.58. The van der Waals surface area contributed by atoms with Gasteiger partial charge in [0.1, 0.15) is 4.60 Å². The lowest BCUT2D eigenvalue weighted by Gasteiger charge is -2.18. The molecule has 0 unspecified atom stereocenters. The number of nitrogens with zero attached hydrogens (tertiary/aromatic N) is 4. The van der Waals surface area contributed by atoms with Gasteiger partial charge in [0.15, 0.2) is 11.5 Å². The van der Waals surface area contributed by atoms with Gasteiger partial charge in [-0.2, -0.15) is 0 Å². The van der Waals surface area contributed by atoms with Crippen molar-refractivity contribution in [2.75, 3.05) is 11.9 Å². The van der Waals surface area contributed by atoms with Gasteiger partial charge < -0.3 is 9.30 Å². The van der Waals surface area contributed by atoms with Crippen molar-refractivity contribution in [2.45, 2.75) is 6.54 Å². The Morgan fingerprint density at radius 3 is 3.05 bits per heavy atom. The SMILES string of the molecule is CN(Cc1ccc(Cl)s1)c1nc(Br)cn2ccnc12. The van der Waals surface area contributed by atoms with Crippen molar-refractivity contribution < 1.29 is 0 Å². The molecular weight excluding hydrogens is 348 g/mol. The van der Waals surface area contributed by atoms with E-state index in [2.05, 4.69) is 30.8 Å². The Morgan fingerprint density at radius 1 is 1.47 bits per heavy atom. The number of halogens is 2. The number of imidazole rings is 1. The summed E-state index contributed by atoms with van der Waals surface area (Å²) in [5.74, 6) is 0.837. The van der Waals surface area contributed by atoms with Crippen molar-refractivity contribution in [3.63, 3.8) is 0 Å². The summed E-state index contributed by atoms with van der Waals surface area (Å²) in [6.07, 6.45) is 5.56. The molecule has 19 heavy (non-hydrogen) atoms. The van der Waals surface area contributed by atoms with E-state index in [4.69, 9.17) is 11.6 Å². The molecule has 0 radical (unpaired) electrons. The van der Waals surface area contributed by atoms with Crippen LogP contribution in [0.5, 0.6) is 0 Å². The van der Waals surface area contributed by atoms with Crippen molar-refractivity contribution in [1.82, 2.24) is 14.4 Å². The summed E-state index contributed by atoms with van der Waals surface area (Å²) in [6.45, 7) is 0.753. The summed E-state index contributed by atoms with van der Waals surface area (Å²) in [6, 6.07) is 3.94. The average Bonchev–Trinajstić information content (AvgIpc) is 2.96. The third kappa shape index (κ3) is 2.61. The molecule has 3 aromatic heterocycles. The van der Waals surface area contributed by atoms with Crippen LogP contribution in [0.2, 0.25) is 4.34 Å². The summed E-state index contributed by atoms with van der Waals surface area (Å²) in [4.78, 5) is 12.1. The summed E-state index contributed by atoms with van der Waals surface area (Å²) in [7, 11) is 2.00. The Hall–Kier alpha value is -1.11. The molecule has 3 aromatic rings. The quantitative estimate of drug-likeness (QED) is 0.714. The fourth-order valence-corrected chi connectivity index (χ4v) is 3.42. The molecular formula is C12H10BrClN4S. The molecule has 0 fully saturated rings. The number of rotatable bonds is 3. The van der Waals surface area contributed by atoms with Crippen molar-refractivity contribution in [3.05, 3.63) is 44.5 Å². The summed E-state index contributed by atoms with van der Waals surface area (Å²) in [5.41, 5.74) is 0.841. The second-order valence-electron chi connectivity index (χ2n) is 4.11. The zero-order valence-corrected chi connectivity index (χ0v) is 13.2. The van der Waals surface area contributed by atoms with Crippen LogP contribution in [0.25, 0.3) is 5.65 Å². The number of fused-ring (bicyclic) bond motifs is 1. The van der Waals surface area contributed by atoms with Crippen LogP contribution < -0.4 is 4.90 Å². The van der Waals surface area contributed by atoms with Crippen molar-refractivity contribution in [3.8, 4) is 0 Å². The summed E-state index contributed by atoms with van der Waals surface area (Å²) < 4.78 is 3.53. The molecule has 0 aromatic carbocycles. The van der Waals surface area contributed by atoms with Gasteiger partial charge in [-0.25, -0.2) is 9.97 Å². The molecule has 0 atom stereocenters. The van der Waals surface area contributed by atoms with Crippen LogP contribution in [-0.2, 0) is 6.54 Å². The Balaban J connectivity index is 1.96. The van der Waals surface area contributed by atoms with E-state index in [-0.39, 0.29) is 0 Å². The smallest absolute Gasteiger partial charge is 0.180 e. The molecule has 3 rings (SSSR count). The average molecular weight is 358 g/mol. The molecule has 0 aliphatic carbocycles. The third-order valence-electron chi connectivity index (χ3n) is 2.71. The van der Waals surface area contributed by atoms with Gasteiger partial charge in [-0.15, -0.1) is 11.3 Å². The highest BCUT2D eigenvalue weighted by molar-refractivity contribution is 9.10. The Bertz CT molecular complexity index is 723. The molecule has 0 aliphatic heterocycles. The highest BCUT2D eigenvalue weighted by Crippen LogP contribution is 2.26. The van der Waals surface area contributed by atoms with Gasteiger partial charge in [-0.3, -0.25) is 0 Å². The van der Waals surface area contributed by atoms with Crippen molar-refractivity contribution >= 4 is 50.3 Å². The largest absolute Gasteiger partial charge is 0.351 e. The first kappa shape index (κ1) is 12.9. The summed E-state index contributed by atoms with van der Waals surface area (Å²) in [5, 5.41) is 0. The molecule has 98 valence electrons. The first-order valence-corrected chi connectivity index (χ1v) is 7.57. The van der Waals surface area contributed by atoms with E-state index in [0.29, 0.717) is 0 Å². The molecule has 0 saturated heterocycles. The second kappa shape index (κ2) is 5.11. The Morgan fingerprint density at radius 2 is 2.32 bits per heavy atom. The standard InChI is InChI=1S/C12H10BrClN4S/c1-17(6-8-2-3-10(14)19-8)12-11-15-4-5-18(11)7-9(13)16-12/h2-5,7H,6H2,1H3. The minimum Gasteiger partial charge on any atom is -0.351 e. The highest BCUT2D eigenvalue weighted by atomic mass is 79.9. The lowest BCUT2D eigenvalue weighted by atomic mass is 10.4. The van der Waals surface area contributed by atoms with Crippen LogP contribution in [0.15, 0.2) is 35.3 Å². The zero-order valence-electron chi connectivity index (χ0n) is 10.0. The van der Waals surface area contributed by atoms with E-state index in [1.165, 1.54) is 4.88 Å². The molecule has 0 bridgehead atoms. The fourth-order valence-electron chi connectivity index (χ4n) is 1.89. The normalized spacial score (nSPS) is 11.1. The summed E-state index contributed by atoms with van der Waals surface area (Å²) >= 11 is 11.0. The number of aromatic nitrogens is 3. The van der Waals surface area contributed by atoms with E-state index >= 15 is 0 Å². The van der Waals surface area contributed by atoms with Gasteiger partial charge in [0.05, 0.1) is 10.9 Å². The third-order valence-corrected chi connectivity index (χ3v) is 4.31. The number of anilines is 1. The molecule has 0 amide bonds. The monoisotopic (exact) mass is 356 g/mol. The fraction of sp³-hybridized carbons (Fsp3) is 0.167.